The first kappa shape index (κ1) is 91.1. The Morgan fingerprint density at radius 2 is 1.31 bits per heavy atom. The molecule has 2 aromatic heterocycles. The van der Waals surface area contributed by atoms with Crippen LogP contribution in [-0.2, 0) is 99.2 Å². The van der Waals surface area contributed by atoms with Gasteiger partial charge in [-0.3, -0.25) is 67.3 Å². The van der Waals surface area contributed by atoms with Crippen LogP contribution in [0.1, 0.15) is 100 Å². The lowest BCUT2D eigenvalue weighted by Gasteiger charge is -2.37. The molecule has 6 aromatic rings. The molecule has 36 nitrogen and oxygen atoms in total. The number of phenolic OH excluding ortho intramolecular Hbond substituents is 1. The Labute approximate surface area is 678 Å². The van der Waals surface area contributed by atoms with Gasteiger partial charge in [-0.1, -0.05) is 79.7 Å². The predicted molar refractivity (Wildman–Crippen MR) is 420 cm³/mol. The minimum atomic E-state index is -2.45. The summed E-state index contributed by atoms with van der Waals surface area (Å²) in [6, 6.07) is 11.4. The zero-order valence-electron chi connectivity index (χ0n) is 64.4. The number of aromatic nitrogens is 3. The van der Waals surface area contributed by atoms with Gasteiger partial charge in [0.1, 0.15) is 71.0 Å². The number of likely N-dealkylation sites (tertiary alicyclic amines) is 1. The lowest BCUT2D eigenvalue weighted by molar-refractivity contribution is -0.146. The molecular formula is C78H95FIN15O21. The molecule has 38 heteroatoms. The van der Waals surface area contributed by atoms with Crippen molar-refractivity contribution in [3.8, 4) is 28.1 Å². The number of primary amides is 1. The summed E-state index contributed by atoms with van der Waals surface area (Å²) in [5, 5.41) is 86.1. The number of aliphatic carboxylic acids is 2. The monoisotopic (exact) mass is 1720 g/mol. The Morgan fingerprint density at radius 1 is 0.690 bits per heavy atom. The molecule has 1 aliphatic heterocycles. The van der Waals surface area contributed by atoms with Crippen molar-refractivity contribution in [2.75, 3.05) is 26.8 Å². The van der Waals surface area contributed by atoms with Gasteiger partial charge in [-0.05, 0) is 146 Å². The van der Waals surface area contributed by atoms with Gasteiger partial charge in [0.15, 0.2) is 0 Å². The van der Waals surface area contributed by atoms with E-state index >= 15 is 4.39 Å². The number of hydrogen-bond donors (Lipinski definition) is 18. The first-order chi connectivity index (χ1) is 54.9. The minimum absolute atomic E-state index is 0.00987. The molecule has 0 aliphatic carbocycles. The summed E-state index contributed by atoms with van der Waals surface area (Å²) in [5.74, 6) is -16.8. The number of amides is 12. The lowest BCUT2D eigenvalue weighted by atomic mass is 9.90. The molecular weight excluding hydrogens is 1630 g/mol. The Morgan fingerprint density at radius 3 is 1.91 bits per heavy atom. The van der Waals surface area contributed by atoms with Gasteiger partial charge in [0.05, 0.1) is 60.2 Å². The summed E-state index contributed by atoms with van der Waals surface area (Å²) in [5.41, 5.74) is 7.45. The Bertz CT molecular complexity index is 4580. The van der Waals surface area contributed by atoms with Crippen LogP contribution < -0.4 is 58.9 Å². The highest BCUT2D eigenvalue weighted by Crippen LogP contribution is 2.34. The number of hydrogen-bond acceptors (Lipinski definition) is 21. The number of imidazole rings is 1. The van der Waals surface area contributed by atoms with Gasteiger partial charge >= 0.3 is 18.0 Å². The number of methoxy groups -OCH3 is 1. The second-order valence-electron chi connectivity index (χ2n) is 28.3. The number of carboxylic acid groups (broad SMARTS) is 2. The van der Waals surface area contributed by atoms with Gasteiger partial charge in [0.25, 0.3) is 0 Å². The third-order valence-corrected chi connectivity index (χ3v) is 20.3. The van der Waals surface area contributed by atoms with Gasteiger partial charge in [0.2, 0.25) is 65.0 Å². The maximum atomic E-state index is 15.6. The number of aromatic hydroxyl groups is 1. The highest BCUT2D eigenvalue weighted by molar-refractivity contribution is 14.1. The number of aromatic amines is 1. The number of benzene rings is 4. The Balaban J connectivity index is 1.05. The summed E-state index contributed by atoms with van der Waals surface area (Å²) in [6.07, 6.45) is -3.43. The first-order valence-electron chi connectivity index (χ1n) is 36.8. The van der Waals surface area contributed by atoms with Crippen molar-refractivity contribution in [1.82, 2.24) is 73.0 Å². The number of nitrogens with two attached hydrogens (primary N) is 1. The van der Waals surface area contributed by atoms with Crippen molar-refractivity contribution in [1.29, 1.82) is 0 Å². The van der Waals surface area contributed by atoms with Crippen molar-refractivity contribution < 1.29 is 107 Å². The molecule has 4 aromatic carbocycles. The summed E-state index contributed by atoms with van der Waals surface area (Å²) < 4.78 is 20.9. The van der Waals surface area contributed by atoms with Gasteiger partial charge in [0, 0.05) is 56.6 Å². The molecule has 1 aliphatic rings. The van der Waals surface area contributed by atoms with Crippen LogP contribution in [0, 0.1) is 16.3 Å². The fourth-order valence-electron chi connectivity index (χ4n) is 12.9. The third kappa shape index (κ3) is 25.0. The van der Waals surface area contributed by atoms with E-state index in [1.54, 1.807) is 48.5 Å². The third-order valence-electron chi connectivity index (χ3n) is 19.4. The van der Waals surface area contributed by atoms with E-state index in [1.165, 1.54) is 48.7 Å². The van der Waals surface area contributed by atoms with Gasteiger partial charge in [-0.15, -0.1) is 0 Å². The van der Waals surface area contributed by atoms with E-state index in [0.29, 0.717) is 38.1 Å². The SMILES string of the molecule is CCc1cc(O)c(I)cc1-c1ccc(C[C@H](NC(=O)[C@H](CC(=O)O)NC(=O)[C@H](CO)NC(=O)[C@@H](NC(=O)[C@@](C)(Cc2ccccc2F)NC(=O)[C@@H](NC(=O)CNC(=O)[C@H](CCC(=O)O)NC(=O)[C@@]2(C)CCCN2C(=O)[C@H](Cc2c[nH]cn2)NC(=O)OC)[C@@H](C)O)[C@@H](C)O)C(=O)N[C@@H](Cc2ccc(-c3ccccc3C)nc2)C(N)=O)cc1. The number of carboxylic acids is 2. The number of alkyl carbamates (subject to hydrolysis) is 1. The zero-order chi connectivity index (χ0) is 85.5. The molecule has 622 valence electrons. The highest BCUT2D eigenvalue weighted by atomic mass is 127. The molecule has 116 heavy (non-hydrogen) atoms. The van der Waals surface area contributed by atoms with E-state index < -0.39 is 199 Å². The maximum Gasteiger partial charge on any atom is 0.407 e. The van der Waals surface area contributed by atoms with Gasteiger partial charge < -0.3 is 104 Å². The standard InChI is InChI=1S/C78H95FIN15O21/c1-8-45-30-60(99)52(80)32-50(45)46-21-18-43(19-22-46)28-56(68(107)86-55(66(81)105)29-44-20-23-53(83-35-44)49-16-11-9-14-40(49)2)87-69(108)57(33-63(103)104)88-70(109)59(38-96)89-71(110)64(41(3)97)93-74(113)77(5,34-47-15-10-12-17-51(47)79)94-72(111)65(42(4)98)92-61(100)37-84-67(106)54(24-25-62(101)102)90-75(114)78(6)26-13-27-95(78)73(112)58(91-76(115)116-7)31-48-36-82-39-85-48/h9-12,14-23,30,32,35-36,39,41-42,54-59,64-65,96-99H,8,13,24-29,31,33-34,37-38H2,1-7H3,(H2,81,105)(H,82,85)(H,84,106)(H,86,107)(H,87,108)(H,88,109)(H,89,110)(H,90,114)(H,91,115)(H,92,100)(H,93,113)(H,94,111)(H,101,102)(H,103,104)/t41-,42-,54+,55+,56+,57+,58+,59+,64+,65+,77-,78-/m1/s1. The number of halogens is 2. The number of carbonyl (C=O) groups is 14. The van der Waals surface area contributed by atoms with Gasteiger partial charge in [-0.2, -0.15) is 0 Å². The first-order valence-corrected chi connectivity index (χ1v) is 37.9. The molecule has 12 atom stereocenters. The summed E-state index contributed by atoms with van der Waals surface area (Å²) in [7, 11) is 1.08. The average Bonchev–Trinajstić information content (AvgIpc) is 1.61. The maximum absolute atomic E-state index is 15.6. The van der Waals surface area contributed by atoms with Crippen LogP contribution in [0.15, 0.2) is 116 Å². The number of nitrogens with zero attached hydrogens (tertiary/aromatic N) is 3. The largest absolute Gasteiger partial charge is 0.507 e. The van der Waals surface area contributed by atoms with E-state index in [4.69, 9.17) is 10.5 Å². The smallest absolute Gasteiger partial charge is 0.407 e. The van der Waals surface area contributed by atoms with Crippen LogP contribution in [0.2, 0.25) is 0 Å². The van der Waals surface area contributed by atoms with Crippen LogP contribution in [0.4, 0.5) is 9.18 Å². The second-order valence-corrected chi connectivity index (χ2v) is 29.4. The average molecular weight is 1720 g/mol. The van der Waals surface area contributed by atoms with Crippen molar-refractivity contribution in [2.24, 2.45) is 5.73 Å². The fraction of sp³-hybridized carbons (Fsp3) is 0.410. The van der Waals surface area contributed by atoms with Crippen LogP contribution in [0.3, 0.4) is 0 Å². The van der Waals surface area contributed by atoms with Gasteiger partial charge in [-0.25, -0.2) is 14.2 Å². The number of phenols is 1. The topological polar surface area (TPSA) is 561 Å². The molecule has 3 heterocycles. The van der Waals surface area contributed by atoms with Crippen molar-refractivity contribution in [3.63, 3.8) is 0 Å². The molecule has 0 spiro atoms. The summed E-state index contributed by atoms with van der Waals surface area (Å²) in [4.78, 5) is 205. The molecule has 12 amide bonds. The van der Waals surface area contributed by atoms with E-state index in [2.05, 4.69) is 68.1 Å². The van der Waals surface area contributed by atoms with Crippen molar-refractivity contribution in [3.05, 3.63) is 159 Å². The Kier molecular flexibility index (Phi) is 32.9. The number of pyridine rings is 1. The number of nitrogens with one attached hydrogen (secondary N) is 11. The van der Waals surface area contributed by atoms with E-state index in [1.807, 2.05) is 60.7 Å². The molecule has 0 radical (unpaired) electrons. The van der Waals surface area contributed by atoms with Crippen LogP contribution in [0.5, 0.6) is 5.75 Å². The molecule has 0 bridgehead atoms. The molecule has 1 fully saturated rings. The number of aryl methyl sites for hydroxylation is 2. The molecule has 0 unspecified atom stereocenters. The van der Waals surface area contributed by atoms with Crippen molar-refractivity contribution in [2.45, 2.75) is 177 Å². The molecule has 7 rings (SSSR count). The number of aliphatic hydroxyl groups excluding tert-OH is 3. The number of H-pyrrole nitrogens is 1. The van der Waals surface area contributed by atoms with E-state index in [9.17, 15) is 97.8 Å². The quantitative estimate of drug-likeness (QED) is 0.0222. The van der Waals surface area contributed by atoms with Crippen LogP contribution in [0.25, 0.3) is 22.4 Å². The molecule has 19 N–H and O–H groups in total. The predicted octanol–water partition coefficient (Wildman–Crippen LogP) is -0.201. The minimum Gasteiger partial charge on any atom is -0.507 e. The van der Waals surface area contributed by atoms with Crippen molar-refractivity contribution >= 4 is 106 Å². The highest BCUT2D eigenvalue weighted by Gasteiger charge is 2.49. The lowest BCUT2D eigenvalue weighted by Crippen LogP contribution is -2.67. The molecule has 1 saturated heterocycles. The normalized spacial score (nSPS) is 16.2. The van der Waals surface area contributed by atoms with E-state index in [-0.39, 0.29) is 50.0 Å². The number of rotatable bonds is 40. The molecule has 0 saturated carbocycles. The van der Waals surface area contributed by atoms with Crippen LogP contribution >= 0.6 is 22.6 Å². The summed E-state index contributed by atoms with van der Waals surface area (Å²) >= 11 is 1.99. The number of ether oxygens (including phenoxy) is 1. The second kappa shape index (κ2) is 41.8. The fourth-order valence-corrected chi connectivity index (χ4v) is 13.4. The number of aliphatic hydroxyl groups is 3. The van der Waals surface area contributed by atoms with Crippen LogP contribution in [-0.4, -0.2) is 232 Å². The van der Waals surface area contributed by atoms with E-state index in [0.717, 1.165) is 56.2 Å². The summed E-state index contributed by atoms with van der Waals surface area (Å²) in [6.45, 7) is 5.94. The Hall–Kier alpha value is -12.0. The zero-order valence-corrected chi connectivity index (χ0v) is 66.6. The number of carbonyl (C=O) groups excluding carboxylic acids is 12.